The average Bonchev–Trinajstić information content (AvgIpc) is 3.46. The molecule has 0 bridgehead atoms. The molecular formula is C27H29ClN4O6. The van der Waals surface area contributed by atoms with Crippen LogP contribution in [0.2, 0.25) is 5.02 Å². The Bertz CT molecular complexity index is 1360. The summed E-state index contributed by atoms with van der Waals surface area (Å²) in [6.07, 6.45) is 0.605. The fourth-order valence-corrected chi connectivity index (χ4v) is 6.42. The molecule has 11 heteroatoms. The van der Waals surface area contributed by atoms with Crippen molar-refractivity contribution in [2.45, 2.75) is 37.8 Å². The van der Waals surface area contributed by atoms with Crippen LogP contribution >= 0.6 is 11.6 Å². The summed E-state index contributed by atoms with van der Waals surface area (Å²) in [7, 11) is 3.08. The van der Waals surface area contributed by atoms with E-state index >= 15 is 0 Å². The lowest BCUT2D eigenvalue weighted by Crippen LogP contribution is -2.53. The van der Waals surface area contributed by atoms with Crippen LogP contribution in [0.15, 0.2) is 30.3 Å². The largest absolute Gasteiger partial charge is 0.493 e. The van der Waals surface area contributed by atoms with Crippen LogP contribution < -0.4 is 25.8 Å². The number of nitrogens with one attached hydrogen (secondary N) is 2. The number of aryl methyl sites for hydroxylation is 1. The number of primary amides is 1. The van der Waals surface area contributed by atoms with Gasteiger partial charge in [0.2, 0.25) is 23.6 Å². The zero-order valence-corrected chi connectivity index (χ0v) is 22.1. The van der Waals surface area contributed by atoms with Crippen LogP contribution in [0.4, 0.5) is 5.69 Å². The van der Waals surface area contributed by atoms with E-state index in [9.17, 15) is 19.2 Å². The van der Waals surface area contributed by atoms with E-state index < -0.39 is 41.1 Å². The molecule has 3 aliphatic heterocycles. The van der Waals surface area contributed by atoms with Crippen molar-refractivity contribution in [3.05, 3.63) is 52.0 Å². The summed E-state index contributed by atoms with van der Waals surface area (Å²) in [5, 5.41) is 6.47. The second-order valence-corrected chi connectivity index (χ2v) is 10.4. The zero-order valence-electron chi connectivity index (χ0n) is 21.3. The van der Waals surface area contributed by atoms with Crippen LogP contribution in [0.1, 0.15) is 29.5 Å². The van der Waals surface area contributed by atoms with E-state index in [0.717, 1.165) is 11.1 Å². The maximum absolute atomic E-state index is 13.9. The van der Waals surface area contributed by atoms with Crippen molar-refractivity contribution in [1.29, 1.82) is 0 Å². The number of hydrogen-bond acceptors (Lipinski definition) is 7. The number of hydrogen-bond donors (Lipinski definition) is 3. The molecule has 38 heavy (non-hydrogen) atoms. The van der Waals surface area contributed by atoms with Gasteiger partial charge >= 0.3 is 0 Å². The van der Waals surface area contributed by atoms with E-state index in [4.69, 9.17) is 26.8 Å². The molecule has 200 valence electrons. The summed E-state index contributed by atoms with van der Waals surface area (Å²) in [4.78, 5) is 54.1. The van der Waals surface area contributed by atoms with E-state index in [1.807, 2.05) is 19.1 Å². The lowest BCUT2D eigenvalue weighted by molar-refractivity contribution is -0.142. The smallest absolute Gasteiger partial charge is 0.250 e. The van der Waals surface area contributed by atoms with E-state index in [-0.39, 0.29) is 25.3 Å². The highest BCUT2D eigenvalue weighted by Crippen LogP contribution is 2.55. The molecule has 3 aliphatic rings. The van der Waals surface area contributed by atoms with Crippen molar-refractivity contribution in [1.82, 2.24) is 10.2 Å². The number of fused-ring (bicyclic) bond motifs is 4. The minimum Gasteiger partial charge on any atom is -0.493 e. The van der Waals surface area contributed by atoms with Gasteiger partial charge in [0.25, 0.3) is 0 Å². The fourth-order valence-electron chi connectivity index (χ4n) is 6.10. The minimum absolute atomic E-state index is 0.00707. The van der Waals surface area contributed by atoms with Crippen molar-refractivity contribution >= 4 is 40.9 Å². The Kier molecular flexibility index (Phi) is 6.56. The highest BCUT2D eigenvalue weighted by Gasteiger charge is 2.70. The molecule has 3 heterocycles. The highest BCUT2D eigenvalue weighted by molar-refractivity contribution is 6.35. The number of carbonyl (C=O) groups is 4. The Morgan fingerprint density at radius 2 is 1.84 bits per heavy atom. The number of carbonyl (C=O) groups excluding carboxylic acids is 4. The molecule has 5 rings (SSSR count). The molecule has 4 atom stereocenters. The third-order valence-electron chi connectivity index (χ3n) is 7.79. The van der Waals surface area contributed by atoms with Gasteiger partial charge in [0.15, 0.2) is 11.5 Å². The van der Waals surface area contributed by atoms with Crippen LogP contribution in [0.5, 0.6) is 11.5 Å². The van der Waals surface area contributed by atoms with Crippen molar-refractivity contribution in [3.8, 4) is 11.5 Å². The summed E-state index contributed by atoms with van der Waals surface area (Å²) in [5.41, 5.74) is 6.53. The predicted molar refractivity (Wildman–Crippen MR) is 139 cm³/mol. The molecule has 2 fully saturated rings. The lowest BCUT2D eigenvalue weighted by Gasteiger charge is -2.29. The van der Waals surface area contributed by atoms with Crippen molar-refractivity contribution in [3.63, 3.8) is 0 Å². The Hall–Kier alpha value is -3.63. The number of imide groups is 1. The molecule has 0 aliphatic carbocycles. The fraction of sp³-hybridized carbons (Fsp3) is 0.407. The maximum Gasteiger partial charge on any atom is 0.250 e. The van der Waals surface area contributed by atoms with Gasteiger partial charge in [-0.2, -0.15) is 0 Å². The average molecular weight is 541 g/mol. The van der Waals surface area contributed by atoms with Gasteiger partial charge in [-0.1, -0.05) is 23.7 Å². The lowest BCUT2D eigenvalue weighted by atomic mass is 9.76. The van der Waals surface area contributed by atoms with Gasteiger partial charge in [-0.25, -0.2) is 0 Å². The van der Waals surface area contributed by atoms with Crippen LogP contribution in [0, 0.1) is 18.8 Å². The molecule has 0 saturated carbocycles. The first-order valence-electron chi connectivity index (χ1n) is 12.4. The van der Waals surface area contributed by atoms with Gasteiger partial charge in [0, 0.05) is 24.6 Å². The van der Waals surface area contributed by atoms with E-state index in [2.05, 4.69) is 10.6 Å². The van der Waals surface area contributed by atoms with Crippen LogP contribution in [-0.4, -0.2) is 55.3 Å². The van der Waals surface area contributed by atoms with Crippen molar-refractivity contribution in [2.24, 2.45) is 17.6 Å². The SMILES string of the molecule is COc1ccc(CCN2C(=O)[C@@H]3[C@@H](CCC(N)=O)N[C@]4(C(=O)Nc5c(Cl)cc(C)cc54)[C@H]3C2=O)cc1OC. The number of likely N-dealkylation sites (tertiary alicyclic amines) is 1. The molecule has 2 aromatic rings. The van der Waals surface area contributed by atoms with Gasteiger partial charge in [-0.3, -0.25) is 29.4 Å². The van der Waals surface area contributed by atoms with Gasteiger partial charge < -0.3 is 20.5 Å². The summed E-state index contributed by atoms with van der Waals surface area (Å²) in [6.45, 7) is 1.97. The van der Waals surface area contributed by atoms with Crippen molar-refractivity contribution in [2.75, 3.05) is 26.1 Å². The first-order valence-corrected chi connectivity index (χ1v) is 12.7. The molecular weight excluding hydrogens is 512 g/mol. The number of anilines is 1. The highest BCUT2D eigenvalue weighted by atomic mass is 35.5. The summed E-state index contributed by atoms with van der Waals surface area (Å²) < 4.78 is 10.6. The Labute approximate surface area is 224 Å². The Balaban J connectivity index is 1.50. The number of benzene rings is 2. The zero-order chi connectivity index (χ0) is 27.4. The summed E-state index contributed by atoms with van der Waals surface area (Å²) in [5.74, 6) is -2.48. The normalized spacial score (nSPS) is 25.5. The number of ether oxygens (including phenoxy) is 2. The molecule has 2 aromatic carbocycles. The topological polar surface area (TPSA) is 140 Å². The van der Waals surface area contributed by atoms with Gasteiger partial charge in [0.05, 0.1) is 36.8 Å². The van der Waals surface area contributed by atoms with E-state index in [1.54, 1.807) is 25.3 Å². The quantitative estimate of drug-likeness (QED) is 0.434. The molecule has 1 spiro atoms. The first kappa shape index (κ1) is 26.0. The second kappa shape index (κ2) is 9.59. The number of amides is 4. The number of nitrogens with zero attached hydrogens (tertiary/aromatic N) is 1. The molecule has 10 nitrogen and oxygen atoms in total. The second-order valence-electron chi connectivity index (χ2n) is 9.96. The maximum atomic E-state index is 13.9. The van der Waals surface area contributed by atoms with E-state index in [1.165, 1.54) is 12.0 Å². The number of methoxy groups -OCH3 is 2. The summed E-state index contributed by atoms with van der Waals surface area (Å²) >= 11 is 6.46. The number of halogens is 1. The molecule has 0 radical (unpaired) electrons. The number of rotatable bonds is 8. The monoisotopic (exact) mass is 540 g/mol. The van der Waals surface area contributed by atoms with Gasteiger partial charge in [-0.05, 0) is 49.1 Å². The molecule has 4 N–H and O–H groups in total. The minimum atomic E-state index is -1.48. The van der Waals surface area contributed by atoms with Gasteiger partial charge in [0.1, 0.15) is 5.54 Å². The third-order valence-corrected chi connectivity index (χ3v) is 8.08. The molecule has 0 unspecified atom stereocenters. The Morgan fingerprint density at radius 3 is 2.53 bits per heavy atom. The van der Waals surface area contributed by atoms with Crippen molar-refractivity contribution < 1.29 is 28.7 Å². The number of nitrogens with two attached hydrogens (primary N) is 1. The van der Waals surface area contributed by atoms with Crippen LogP contribution in [0.3, 0.4) is 0 Å². The standard InChI is InChI=1S/C27H29ClN4O6/c1-13-10-15-23(16(28)11-13)30-26(36)27(15)22-21(17(31-27)5-7-20(29)33)24(34)32(25(22)35)9-8-14-4-6-18(37-2)19(12-14)38-3/h4,6,10-12,17,21-22,31H,5,7-9H2,1-3H3,(H2,29,33)(H,30,36)/t17-,21-,22-,27+/m1/s1. The molecule has 0 aromatic heterocycles. The third kappa shape index (κ3) is 3.90. The van der Waals surface area contributed by atoms with Gasteiger partial charge in [-0.15, -0.1) is 0 Å². The molecule has 2 saturated heterocycles. The Morgan fingerprint density at radius 1 is 1.11 bits per heavy atom. The predicted octanol–water partition coefficient (Wildman–Crippen LogP) is 1.89. The molecule has 4 amide bonds. The van der Waals surface area contributed by atoms with E-state index in [0.29, 0.717) is 34.2 Å². The summed E-state index contributed by atoms with van der Waals surface area (Å²) in [6, 6.07) is 8.34. The first-order chi connectivity index (χ1) is 18.1. The van der Waals surface area contributed by atoms with Crippen LogP contribution in [-0.2, 0) is 31.1 Å². The van der Waals surface area contributed by atoms with Crippen LogP contribution in [0.25, 0.3) is 0 Å².